The smallest absolute Gasteiger partial charge is 0.243 e. The van der Waals surface area contributed by atoms with E-state index in [0.717, 1.165) is 13.2 Å². The van der Waals surface area contributed by atoms with Crippen molar-refractivity contribution in [3.8, 4) is 5.40 Å². The summed E-state index contributed by atoms with van der Waals surface area (Å²) in [4.78, 5) is 0. The van der Waals surface area contributed by atoms with Gasteiger partial charge in [0.25, 0.3) is 0 Å². The van der Waals surface area contributed by atoms with Crippen molar-refractivity contribution < 1.29 is 9.30 Å². The number of hydrogen-bond donors (Lipinski definition) is 0. The van der Waals surface area contributed by atoms with Crippen LogP contribution in [0.5, 0.6) is 0 Å². The average Bonchev–Trinajstić information content (AvgIpc) is 2.49. The Labute approximate surface area is 83.8 Å². The van der Waals surface area contributed by atoms with Crippen LogP contribution in [0.2, 0.25) is 0 Å². The summed E-state index contributed by atoms with van der Waals surface area (Å²) in [5, 5.41) is 8.47. The Morgan fingerprint density at radius 1 is 1.69 bits per heavy atom. The molecule has 72 valence electrons. The molecule has 0 unspecified atom stereocenters. The summed E-state index contributed by atoms with van der Waals surface area (Å²) in [5.74, 6) is 0. The Balaban J connectivity index is 0.000000424. The number of aryl methyl sites for hydroxylation is 1. The molecule has 0 saturated carbocycles. The molecule has 1 aromatic rings. The molecule has 0 aliphatic carbocycles. The van der Waals surface area contributed by atoms with Crippen LogP contribution in [-0.2, 0) is 31.0 Å². The van der Waals surface area contributed by atoms with Gasteiger partial charge in [0.15, 0.2) is 0 Å². The van der Waals surface area contributed by atoms with Crippen LogP contribution < -0.4 is 4.57 Å². The first kappa shape index (κ1) is 11.9. The molecule has 0 atom stereocenters. The van der Waals surface area contributed by atoms with E-state index >= 15 is 0 Å². The Morgan fingerprint density at radius 3 is 2.69 bits per heavy atom. The molecule has 1 heterocycles. The maximum atomic E-state index is 7.13. The highest BCUT2D eigenvalue weighted by atomic mass is 32.1. The van der Waals surface area contributed by atoms with Gasteiger partial charge in [-0.1, -0.05) is 5.40 Å². The standard InChI is InChI=1S/C7H13N2O.CHNS/c1-8-3-4-9(7-8)5-6-10-2;2-1-3/h3-4,7H,5-6H2,1-2H3;3H/q+1;/p-1. The fourth-order valence-electron chi connectivity index (χ4n) is 0.831. The average molecular weight is 199 g/mol. The van der Waals surface area contributed by atoms with Crippen LogP contribution >= 0.6 is 0 Å². The predicted octanol–water partition coefficient (Wildman–Crippen LogP) is -0.0266. The monoisotopic (exact) mass is 199 g/mol. The molecule has 0 aliphatic heterocycles. The van der Waals surface area contributed by atoms with Crippen LogP contribution in [0.15, 0.2) is 18.7 Å². The topological polar surface area (TPSA) is 41.8 Å². The van der Waals surface area contributed by atoms with Crippen LogP contribution in [0.25, 0.3) is 0 Å². The van der Waals surface area contributed by atoms with E-state index in [9.17, 15) is 0 Å². The van der Waals surface area contributed by atoms with Crippen LogP contribution in [0.4, 0.5) is 0 Å². The second kappa shape index (κ2) is 7.53. The normalized spacial score (nSPS) is 8.38. The van der Waals surface area contributed by atoms with Crippen LogP contribution in [-0.4, -0.2) is 18.3 Å². The lowest BCUT2D eigenvalue weighted by atomic mass is 10.7. The highest BCUT2D eigenvalue weighted by Gasteiger charge is 1.96. The molecule has 0 radical (unpaired) electrons. The van der Waals surface area contributed by atoms with Gasteiger partial charge in [-0.15, -0.1) is 0 Å². The van der Waals surface area contributed by atoms with Crippen molar-refractivity contribution in [1.29, 1.82) is 5.26 Å². The lowest BCUT2D eigenvalue weighted by Crippen LogP contribution is -2.33. The summed E-state index contributed by atoms with van der Waals surface area (Å²) in [7, 11) is 3.72. The molecule has 0 bridgehead atoms. The van der Waals surface area contributed by atoms with Gasteiger partial charge in [0, 0.05) is 7.11 Å². The number of rotatable bonds is 3. The molecule has 13 heavy (non-hydrogen) atoms. The highest BCUT2D eigenvalue weighted by Crippen LogP contribution is 1.76. The number of imidazole rings is 1. The van der Waals surface area contributed by atoms with Gasteiger partial charge in [-0.25, -0.2) is 14.4 Å². The van der Waals surface area contributed by atoms with E-state index in [4.69, 9.17) is 10.00 Å². The number of hydrogen-bond acceptors (Lipinski definition) is 3. The number of nitrogens with zero attached hydrogens (tertiary/aromatic N) is 3. The number of nitriles is 1. The van der Waals surface area contributed by atoms with Crippen molar-refractivity contribution in [3.63, 3.8) is 0 Å². The molecular weight excluding hydrogens is 186 g/mol. The molecule has 5 heteroatoms. The summed E-state index contributed by atoms with van der Waals surface area (Å²) in [6.07, 6.45) is 6.06. The highest BCUT2D eigenvalue weighted by molar-refractivity contribution is 7.64. The zero-order valence-corrected chi connectivity index (χ0v) is 8.62. The van der Waals surface area contributed by atoms with E-state index in [1.165, 1.54) is 5.40 Å². The second-order valence-corrected chi connectivity index (χ2v) is 2.58. The third kappa shape index (κ3) is 6.08. The minimum atomic E-state index is 0.772. The second-order valence-electron chi connectivity index (χ2n) is 2.40. The summed E-state index contributed by atoms with van der Waals surface area (Å²) in [5.41, 5.74) is 0. The zero-order chi connectivity index (χ0) is 10.1. The molecule has 0 fully saturated rings. The Kier molecular flexibility index (Phi) is 6.88. The van der Waals surface area contributed by atoms with E-state index in [-0.39, 0.29) is 0 Å². The van der Waals surface area contributed by atoms with Gasteiger partial charge in [-0.05, 0) is 0 Å². The molecule has 1 rings (SSSR count). The van der Waals surface area contributed by atoms with Crippen LogP contribution in [0.1, 0.15) is 0 Å². The number of ether oxygens (including phenoxy) is 1. The van der Waals surface area contributed by atoms with Gasteiger partial charge in [-0.2, -0.15) is 0 Å². The molecular formula is C8H13N3OS. The summed E-state index contributed by atoms with van der Waals surface area (Å²) >= 11 is 3.70. The minimum Gasteiger partial charge on any atom is -0.696 e. The van der Waals surface area contributed by atoms with Gasteiger partial charge < -0.3 is 17.4 Å². The van der Waals surface area contributed by atoms with E-state index in [1.807, 2.05) is 30.3 Å². The van der Waals surface area contributed by atoms with Gasteiger partial charge in [0.05, 0.1) is 13.7 Å². The predicted molar refractivity (Wildman–Crippen MR) is 50.5 cm³/mol. The number of aromatic nitrogens is 2. The maximum Gasteiger partial charge on any atom is 0.243 e. The van der Waals surface area contributed by atoms with E-state index in [1.54, 1.807) is 7.11 Å². The minimum absolute atomic E-state index is 0.772. The molecule has 0 N–H and O–H groups in total. The fourth-order valence-corrected chi connectivity index (χ4v) is 0.831. The van der Waals surface area contributed by atoms with Crippen molar-refractivity contribution in [1.82, 2.24) is 4.57 Å². The molecule has 0 saturated heterocycles. The first-order valence-corrected chi connectivity index (χ1v) is 4.16. The van der Waals surface area contributed by atoms with Crippen LogP contribution in [0.3, 0.4) is 0 Å². The molecule has 0 spiro atoms. The number of methoxy groups -OCH3 is 1. The third-order valence-electron chi connectivity index (χ3n) is 1.38. The van der Waals surface area contributed by atoms with Gasteiger partial charge in [0.2, 0.25) is 6.33 Å². The zero-order valence-electron chi connectivity index (χ0n) is 7.80. The van der Waals surface area contributed by atoms with Crippen LogP contribution in [0, 0.1) is 10.7 Å². The molecule has 0 aliphatic rings. The van der Waals surface area contributed by atoms with E-state index < -0.39 is 0 Å². The molecule has 0 amide bonds. The largest absolute Gasteiger partial charge is 0.696 e. The van der Waals surface area contributed by atoms with E-state index in [0.29, 0.717) is 0 Å². The summed E-state index contributed by atoms with van der Waals surface area (Å²) in [6, 6.07) is 0. The van der Waals surface area contributed by atoms with Gasteiger partial charge >= 0.3 is 0 Å². The Bertz CT molecular complexity index is 267. The molecule has 1 aromatic heterocycles. The first-order valence-electron chi connectivity index (χ1n) is 3.75. The fraction of sp³-hybridized carbons (Fsp3) is 0.500. The summed E-state index contributed by atoms with van der Waals surface area (Å²) in [6.45, 7) is 1.70. The van der Waals surface area contributed by atoms with Gasteiger partial charge in [0.1, 0.15) is 18.9 Å². The Hall–Kier alpha value is -1.12. The van der Waals surface area contributed by atoms with Crippen molar-refractivity contribution in [2.45, 2.75) is 6.54 Å². The van der Waals surface area contributed by atoms with E-state index in [2.05, 4.69) is 17.2 Å². The molecule has 0 aromatic carbocycles. The van der Waals surface area contributed by atoms with Crippen molar-refractivity contribution in [2.75, 3.05) is 13.7 Å². The third-order valence-corrected chi connectivity index (χ3v) is 1.38. The molecule has 4 nitrogen and oxygen atoms in total. The Morgan fingerprint density at radius 2 is 2.31 bits per heavy atom. The quantitative estimate of drug-likeness (QED) is 0.390. The first-order chi connectivity index (χ1) is 6.24. The van der Waals surface area contributed by atoms with Crippen molar-refractivity contribution in [3.05, 3.63) is 18.7 Å². The lowest BCUT2D eigenvalue weighted by molar-refractivity contribution is -0.697. The maximum absolute atomic E-state index is 7.13. The van der Waals surface area contributed by atoms with Crippen molar-refractivity contribution >= 4 is 12.6 Å². The van der Waals surface area contributed by atoms with Gasteiger partial charge in [-0.3, -0.25) is 0 Å². The summed E-state index contributed by atoms with van der Waals surface area (Å²) < 4.78 is 9.02. The lowest BCUT2D eigenvalue weighted by Gasteiger charge is -1.92. The SMILES string of the molecule is COCC[n+]1ccn(C)c1.N#C[S-]. The number of thiocyanates is 1. The van der Waals surface area contributed by atoms with Crippen molar-refractivity contribution in [2.24, 2.45) is 7.05 Å².